The molecule has 1 aromatic heterocycles. The first-order valence-electron chi connectivity index (χ1n) is 10.1. The number of carbonyl (C=O) groups excluding carboxylic acids is 3. The van der Waals surface area contributed by atoms with Gasteiger partial charge in [-0.15, -0.1) is 0 Å². The summed E-state index contributed by atoms with van der Waals surface area (Å²) in [5.41, 5.74) is 4.39. The summed E-state index contributed by atoms with van der Waals surface area (Å²) in [5, 5.41) is 2.70. The van der Waals surface area contributed by atoms with Crippen LogP contribution in [0.4, 0.5) is 5.69 Å². The van der Waals surface area contributed by atoms with E-state index in [9.17, 15) is 14.4 Å². The van der Waals surface area contributed by atoms with Gasteiger partial charge in [0.25, 0.3) is 5.91 Å². The fourth-order valence-corrected chi connectivity index (χ4v) is 3.33. The zero-order valence-electron chi connectivity index (χ0n) is 18.1. The van der Waals surface area contributed by atoms with Gasteiger partial charge in [0.2, 0.25) is 0 Å². The molecule has 31 heavy (non-hydrogen) atoms. The molecule has 1 unspecified atom stereocenters. The third kappa shape index (κ3) is 5.28. The predicted octanol–water partition coefficient (Wildman–Crippen LogP) is 4.54. The lowest BCUT2D eigenvalue weighted by atomic mass is 10.1. The van der Waals surface area contributed by atoms with Crippen molar-refractivity contribution in [1.82, 2.24) is 4.57 Å². The molecule has 0 radical (unpaired) electrons. The number of ether oxygens (including phenoxy) is 1. The van der Waals surface area contributed by atoms with Crippen molar-refractivity contribution in [3.8, 4) is 0 Å². The number of amides is 1. The van der Waals surface area contributed by atoms with Crippen molar-refractivity contribution < 1.29 is 19.1 Å². The topological polar surface area (TPSA) is 77.4 Å². The van der Waals surface area contributed by atoms with Crippen molar-refractivity contribution in [2.24, 2.45) is 0 Å². The van der Waals surface area contributed by atoms with Crippen molar-refractivity contribution in [3.63, 3.8) is 0 Å². The Bertz CT molecular complexity index is 1100. The number of anilines is 1. The minimum Gasteiger partial charge on any atom is -0.449 e. The summed E-state index contributed by atoms with van der Waals surface area (Å²) in [5.74, 6) is -1.03. The van der Waals surface area contributed by atoms with Crippen molar-refractivity contribution in [2.75, 3.05) is 5.32 Å². The Kier molecular flexibility index (Phi) is 6.70. The number of ketones is 1. The summed E-state index contributed by atoms with van der Waals surface area (Å²) in [4.78, 5) is 36.5. The highest BCUT2D eigenvalue weighted by Gasteiger charge is 2.23. The molecule has 1 amide bonds. The summed E-state index contributed by atoms with van der Waals surface area (Å²) in [6, 6.07) is 18.3. The highest BCUT2D eigenvalue weighted by atomic mass is 16.5. The molecule has 0 aliphatic carbocycles. The summed E-state index contributed by atoms with van der Waals surface area (Å²) >= 11 is 0. The molecule has 0 aliphatic rings. The molecule has 1 heterocycles. The average molecular weight is 418 g/mol. The number of nitrogens with one attached hydrogen (secondary N) is 1. The predicted molar refractivity (Wildman–Crippen MR) is 119 cm³/mol. The van der Waals surface area contributed by atoms with Gasteiger partial charge in [-0.3, -0.25) is 9.59 Å². The quantitative estimate of drug-likeness (QED) is 0.451. The van der Waals surface area contributed by atoms with E-state index >= 15 is 0 Å². The maximum atomic E-state index is 12.7. The average Bonchev–Trinajstić information content (AvgIpc) is 3.03. The van der Waals surface area contributed by atoms with Gasteiger partial charge in [-0.1, -0.05) is 30.3 Å². The first-order chi connectivity index (χ1) is 14.8. The molecule has 160 valence electrons. The fraction of sp³-hybridized carbons (Fsp3) is 0.240. The Morgan fingerprint density at radius 1 is 1.00 bits per heavy atom. The number of esters is 1. The van der Waals surface area contributed by atoms with Gasteiger partial charge in [0.05, 0.1) is 5.56 Å². The molecule has 0 saturated carbocycles. The van der Waals surface area contributed by atoms with Crippen LogP contribution in [0.15, 0.2) is 60.7 Å². The number of hydrogen-bond acceptors (Lipinski definition) is 4. The van der Waals surface area contributed by atoms with Crippen LogP contribution < -0.4 is 5.32 Å². The van der Waals surface area contributed by atoms with E-state index in [4.69, 9.17) is 4.74 Å². The van der Waals surface area contributed by atoms with Crippen LogP contribution in [0.3, 0.4) is 0 Å². The van der Waals surface area contributed by atoms with E-state index in [0.717, 1.165) is 17.0 Å². The molecule has 6 nitrogen and oxygen atoms in total. The van der Waals surface area contributed by atoms with Crippen LogP contribution in [0.5, 0.6) is 0 Å². The van der Waals surface area contributed by atoms with E-state index in [1.54, 1.807) is 30.3 Å². The lowest BCUT2D eigenvalue weighted by Gasteiger charge is -2.14. The molecule has 3 rings (SSSR count). The zero-order valence-corrected chi connectivity index (χ0v) is 18.1. The molecule has 0 aliphatic heterocycles. The number of benzene rings is 2. The number of Topliss-reactive ketones (excluding diaryl/α,β-unsaturated/α-hetero) is 1. The molecule has 0 spiro atoms. The second-order valence-electron chi connectivity index (χ2n) is 7.53. The Labute approximate surface area is 181 Å². The maximum absolute atomic E-state index is 12.7. The standard InChI is InChI=1S/C25H26N2O4/c1-16-14-23(17(2)27(16)15-20-8-6-5-7-9-20)25(30)31-19(4)24(29)26-22-12-10-21(11-13-22)18(3)28/h5-14,19H,15H2,1-4H3,(H,26,29). The minimum atomic E-state index is -0.975. The molecule has 3 aromatic rings. The van der Waals surface area contributed by atoms with Gasteiger partial charge in [-0.2, -0.15) is 0 Å². The number of nitrogens with zero attached hydrogens (tertiary/aromatic N) is 1. The van der Waals surface area contributed by atoms with Gasteiger partial charge in [-0.25, -0.2) is 4.79 Å². The number of aromatic nitrogens is 1. The molecule has 0 bridgehead atoms. The highest BCUT2D eigenvalue weighted by Crippen LogP contribution is 2.19. The molecule has 6 heteroatoms. The molecular weight excluding hydrogens is 392 g/mol. The van der Waals surface area contributed by atoms with Crippen molar-refractivity contribution in [1.29, 1.82) is 0 Å². The molecule has 2 aromatic carbocycles. The second kappa shape index (κ2) is 9.43. The Morgan fingerprint density at radius 3 is 2.26 bits per heavy atom. The highest BCUT2D eigenvalue weighted by molar-refractivity contribution is 5.98. The first-order valence-corrected chi connectivity index (χ1v) is 10.1. The third-order valence-electron chi connectivity index (χ3n) is 5.19. The van der Waals surface area contributed by atoms with E-state index in [2.05, 4.69) is 5.32 Å². The third-order valence-corrected chi connectivity index (χ3v) is 5.19. The maximum Gasteiger partial charge on any atom is 0.340 e. The lowest BCUT2D eigenvalue weighted by Crippen LogP contribution is -2.30. The molecular formula is C25H26N2O4. The summed E-state index contributed by atoms with van der Waals surface area (Å²) < 4.78 is 7.46. The summed E-state index contributed by atoms with van der Waals surface area (Å²) in [6.07, 6.45) is -0.975. The van der Waals surface area contributed by atoms with E-state index in [0.29, 0.717) is 23.4 Å². The van der Waals surface area contributed by atoms with Crippen LogP contribution in [0.25, 0.3) is 0 Å². The number of carbonyl (C=O) groups is 3. The van der Waals surface area contributed by atoms with Crippen LogP contribution in [-0.4, -0.2) is 28.3 Å². The lowest BCUT2D eigenvalue weighted by molar-refractivity contribution is -0.123. The van der Waals surface area contributed by atoms with E-state index in [1.807, 2.05) is 48.7 Å². The fourth-order valence-electron chi connectivity index (χ4n) is 3.33. The molecule has 1 atom stereocenters. The van der Waals surface area contributed by atoms with Crippen LogP contribution in [-0.2, 0) is 16.1 Å². The number of hydrogen-bond donors (Lipinski definition) is 1. The Balaban J connectivity index is 1.65. The SMILES string of the molecule is CC(=O)c1ccc(NC(=O)C(C)OC(=O)c2cc(C)n(Cc3ccccc3)c2C)cc1. The van der Waals surface area contributed by atoms with Gasteiger partial charge >= 0.3 is 5.97 Å². The molecule has 0 saturated heterocycles. The van der Waals surface area contributed by atoms with Crippen molar-refractivity contribution in [2.45, 2.75) is 40.3 Å². The first kappa shape index (κ1) is 22.0. The largest absolute Gasteiger partial charge is 0.449 e. The summed E-state index contributed by atoms with van der Waals surface area (Å²) in [7, 11) is 0. The molecule has 1 N–H and O–H groups in total. The van der Waals surface area contributed by atoms with Crippen LogP contribution in [0.2, 0.25) is 0 Å². The normalized spacial score (nSPS) is 11.6. The van der Waals surface area contributed by atoms with Gasteiger partial charge in [0.15, 0.2) is 11.9 Å². The monoisotopic (exact) mass is 418 g/mol. The van der Waals surface area contributed by atoms with Crippen LogP contribution >= 0.6 is 0 Å². The molecule has 0 fully saturated rings. The van der Waals surface area contributed by atoms with Crippen LogP contribution in [0, 0.1) is 13.8 Å². The zero-order chi connectivity index (χ0) is 22.5. The van der Waals surface area contributed by atoms with Gasteiger partial charge < -0.3 is 14.6 Å². The Morgan fingerprint density at radius 2 is 1.65 bits per heavy atom. The smallest absolute Gasteiger partial charge is 0.340 e. The van der Waals surface area contributed by atoms with E-state index < -0.39 is 18.0 Å². The van der Waals surface area contributed by atoms with Gasteiger partial charge in [0.1, 0.15) is 0 Å². The van der Waals surface area contributed by atoms with E-state index in [-0.39, 0.29) is 5.78 Å². The van der Waals surface area contributed by atoms with Gasteiger partial charge in [-0.05, 0) is 63.6 Å². The van der Waals surface area contributed by atoms with E-state index in [1.165, 1.54) is 13.8 Å². The van der Waals surface area contributed by atoms with Gasteiger partial charge in [0, 0.05) is 29.2 Å². The summed E-state index contributed by atoms with van der Waals surface area (Å²) in [6.45, 7) is 7.46. The van der Waals surface area contributed by atoms with Crippen molar-refractivity contribution in [3.05, 3.63) is 88.7 Å². The second-order valence-corrected chi connectivity index (χ2v) is 7.53. The van der Waals surface area contributed by atoms with Crippen LogP contribution in [0.1, 0.15) is 51.5 Å². The minimum absolute atomic E-state index is 0.0509. The number of rotatable bonds is 7. The number of aryl methyl sites for hydroxylation is 1. The Hall–Kier alpha value is -3.67. The van der Waals surface area contributed by atoms with Crippen molar-refractivity contribution >= 4 is 23.3 Å².